The quantitative estimate of drug-likeness (QED) is 0.293. The third-order valence-electron chi connectivity index (χ3n) is 3.45. The number of benzene rings is 2. The standard InChI is InChI=1S/C18H13ClF3NO6/c19-14-9-11(18(20,21)22)3-6-16(14)29-12-4-5-15(23(26)27)13(10-12)17(25)28-8-2-1-7-24/h1-6,9-10,24H,7-8H2/b2-1+. The number of carbonyl (C=O) groups is 1. The third-order valence-corrected chi connectivity index (χ3v) is 3.75. The van der Waals surface area contributed by atoms with Crippen LogP contribution in [0.3, 0.4) is 0 Å². The largest absolute Gasteiger partial charge is 0.458 e. The Morgan fingerprint density at radius 2 is 1.93 bits per heavy atom. The van der Waals surface area contributed by atoms with E-state index in [2.05, 4.69) is 0 Å². The molecule has 2 aromatic carbocycles. The molecule has 0 saturated heterocycles. The molecule has 2 rings (SSSR count). The summed E-state index contributed by atoms with van der Waals surface area (Å²) in [7, 11) is 0. The Bertz CT molecular complexity index is 946. The van der Waals surface area contributed by atoms with Crippen molar-refractivity contribution in [2.75, 3.05) is 13.2 Å². The van der Waals surface area contributed by atoms with Gasteiger partial charge in [-0.1, -0.05) is 17.7 Å². The van der Waals surface area contributed by atoms with Gasteiger partial charge in [0, 0.05) is 12.1 Å². The van der Waals surface area contributed by atoms with Gasteiger partial charge in [-0.15, -0.1) is 0 Å². The third kappa shape index (κ3) is 5.93. The number of nitro groups is 1. The Balaban J connectivity index is 2.29. The summed E-state index contributed by atoms with van der Waals surface area (Å²) in [6.07, 6.45) is -1.93. The van der Waals surface area contributed by atoms with Gasteiger partial charge in [-0.05, 0) is 30.3 Å². The highest BCUT2D eigenvalue weighted by Gasteiger charge is 2.31. The number of alkyl halides is 3. The second-order valence-electron chi connectivity index (χ2n) is 5.43. The molecule has 0 saturated carbocycles. The molecule has 0 aliphatic rings. The summed E-state index contributed by atoms with van der Waals surface area (Å²) in [5.74, 6) is -1.24. The van der Waals surface area contributed by atoms with Crippen molar-refractivity contribution in [2.45, 2.75) is 6.18 Å². The summed E-state index contributed by atoms with van der Waals surface area (Å²) in [5, 5.41) is 19.4. The molecule has 0 heterocycles. The number of hydrogen-bond acceptors (Lipinski definition) is 6. The van der Waals surface area contributed by atoms with Gasteiger partial charge in [0.1, 0.15) is 23.7 Å². The predicted molar refractivity (Wildman–Crippen MR) is 96.1 cm³/mol. The number of aliphatic hydroxyl groups excluding tert-OH is 1. The lowest BCUT2D eigenvalue weighted by atomic mass is 10.1. The lowest BCUT2D eigenvalue weighted by molar-refractivity contribution is -0.385. The Hall–Kier alpha value is -3.11. The fourth-order valence-electron chi connectivity index (χ4n) is 2.13. The summed E-state index contributed by atoms with van der Waals surface area (Å²) < 4.78 is 48.3. The first-order chi connectivity index (χ1) is 13.6. The first-order valence-electron chi connectivity index (χ1n) is 7.89. The van der Waals surface area contributed by atoms with Crippen LogP contribution in [0.4, 0.5) is 18.9 Å². The average molecular weight is 432 g/mol. The van der Waals surface area contributed by atoms with Gasteiger partial charge in [-0.3, -0.25) is 10.1 Å². The van der Waals surface area contributed by atoms with E-state index in [4.69, 9.17) is 26.2 Å². The Morgan fingerprint density at radius 3 is 2.52 bits per heavy atom. The molecule has 0 spiro atoms. The van der Waals surface area contributed by atoms with E-state index in [1.807, 2.05) is 0 Å². The molecule has 1 N–H and O–H groups in total. The van der Waals surface area contributed by atoms with E-state index in [1.54, 1.807) is 0 Å². The van der Waals surface area contributed by atoms with E-state index >= 15 is 0 Å². The highest BCUT2D eigenvalue weighted by atomic mass is 35.5. The maximum Gasteiger partial charge on any atom is 0.416 e. The maximum atomic E-state index is 12.7. The predicted octanol–water partition coefficient (Wildman–Crippen LogP) is 4.76. The number of halogens is 4. The highest BCUT2D eigenvalue weighted by Crippen LogP contribution is 2.37. The van der Waals surface area contributed by atoms with Crippen molar-refractivity contribution in [3.63, 3.8) is 0 Å². The minimum absolute atomic E-state index is 0.0740. The van der Waals surface area contributed by atoms with E-state index in [0.717, 1.165) is 30.3 Å². The fourth-order valence-corrected chi connectivity index (χ4v) is 2.35. The van der Waals surface area contributed by atoms with Gasteiger partial charge in [0.25, 0.3) is 5.69 Å². The maximum absolute atomic E-state index is 12.7. The molecule has 0 fully saturated rings. The Kier molecular flexibility index (Phi) is 7.18. The first kappa shape index (κ1) is 22.2. The summed E-state index contributed by atoms with van der Waals surface area (Å²) in [4.78, 5) is 22.5. The van der Waals surface area contributed by atoms with Crippen LogP contribution < -0.4 is 4.74 Å². The van der Waals surface area contributed by atoms with Gasteiger partial charge in [-0.25, -0.2) is 4.79 Å². The number of aliphatic hydroxyl groups is 1. The SMILES string of the molecule is O=C(OC/C=C/CO)c1cc(Oc2ccc(C(F)(F)F)cc2Cl)ccc1[N+](=O)[O-]. The molecule has 0 aliphatic heterocycles. The monoisotopic (exact) mass is 431 g/mol. The minimum Gasteiger partial charge on any atom is -0.458 e. The highest BCUT2D eigenvalue weighted by molar-refractivity contribution is 6.32. The van der Waals surface area contributed by atoms with Crippen LogP contribution in [-0.4, -0.2) is 29.2 Å². The first-order valence-corrected chi connectivity index (χ1v) is 8.27. The summed E-state index contributed by atoms with van der Waals surface area (Å²) in [5.41, 5.74) is -1.95. The number of ether oxygens (including phenoxy) is 2. The van der Waals surface area contributed by atoms with Gasteiger partial charge in [0.05, 0.1) is 22.1 Å². The number of hydrogen-bond donors (Lipinski definition) is 1. The molecule has 29 heavy (non-hydrogen) atoms. The molecule has 2 aromatic rings. The van der Waals surface area contributed by atoms with Gasteiger partial charge in [-0.2, -0.15) is 13.2 Å². The van der Waals surface area contributed by atoms with Crippen LogP contribution in [0.15, 0.2) is 48.6 Å². The topological polar surface area (TPSA) is 98.9 Å². The normalized spacial score (nSPS) is 11.5. The van der Waals surface area contributed by atoms with Crippen LogP contribution in [0.25, 0.3) is 0 Å². The van der Waals surface area contributed by atoms with Crippen LogP contribution in [-0.2, 0) is 10.9 Å². The molecule has 0 amide bonds. The molecule has 0 unspecified atom stereocenters. The van der Waals surface area contributed by atoms with Crippen molar-refractivity contribution in [1.82, 2.24) is 0 Å². The number of carbonyl (C=O) groups excluding carboxylic acids is 1. The molecule has 0 radical (unpaired) electrons. The van der Waals surface area contributed by atoms with E-state index < -0.39 is 33.9 Å². The van der Waals surface area contributed by atoms with Crippen molar-refractivity contribution in [2.24, 2.45) is 0 Å². The van der Waals surface area contributed by atoms with E-state index in [1.165, 1.54) is 12.2 Å². The molecular weight excluding hydrogens is 419 g/mol. The summed E-state index contributed by atoms with van der Waals surface area (Å²) in [6, 6.07) is 5.59. The van der Waals surface area contributed by atoms with Gasteiger partial charge < -0.3 is 14.6 Å². The van der Waals surface area contributed by atoms with Crippen LogP contribution in [0, 0.1) is 10.1 Å². The molecular formula is C18H13ClF3NO6. The molecule has 154 valence electrons. The number of nitrogens with zero attached hydrogens (tertiary/aromatic N) is 1. The van der Waals surface area contributed by atoms with Crippen LogP contribution in [0.2, 0.25) is 5.02 Å². The van der Waals surface area contributed by atoms with Crippen molar-refractivity contribution in [3.8, 4) is 11.5 Å². The van der Waals surface area contributed by atoms with Crippen LogP contribution >= 0.6 is 11.6 Å². The number of esters is 1. The fraction of sp³-hybridized carbons (Fsp3) is 0.167. The van der Waals surface area contributed by atoms with Gasteiger partial charge >= 0.3 is 12.1 Å². The van der Waals surface area contributed by atoms with Crippen molar-refractivity contribution in [1.29, 1.82) is 0 Å². The smallest absolute Gasteiger partial charge is 0.416 e. The number of rotatable bonds is 7. The Morgan fingerprint density at radius 1 is 1.21 bits per heavy atom. The lowest BCUT2D eigenvalue weighted by Gasteiger charge is -2.12. The second-order valence-corrected chi connectivity index (χ2v) is 5.84. The minimum atomic E-state index is -4.59. The van der Waals surface area contributed by atoms with Gasteiger partial charge in [0.15, 0.2) is 0 Å². The lowest BCUT2D eigenvalue weighted by Crippen LogP contribution is -2.09. The molecule has 0 atom stereocenters. The molecule has 11 heteroatoms. The van der Waals surface area contributed by atoms with Crippen LogP contribution in [0.5, 0.6) is 11.5 Å². The van der Waals surface area contributed by atoms with E-state index in [-0.39, 0.29) is 29.7 Å². The molecule has 0 aromatic heterocycles. The number of nitro benzene ring substituents is 1. The molecule has 7 nitrogen and oxygen atoms in total. The summed E-state index contributed by atoms with van der Waals surface area (Å²) >= 11 is 5.81. The molecule has 0 aliphatic carbocycles. The van der Waals surface area contributed by atoms with Crippen molar-refractivity contribution in [3.05, 3.63) is 74.8 Å². The molecule has 0 bridgehead atoms. The van der Waals surface area contributed by atoms with Crippen LogP contribution in [0.1, 0.15) is 15.9 Å². The summed E-state index contributed by atoms with van der Waals surface area (Å²) in [6.45, 7) is -0.499. The second kappa shape index (κ2) is 9.39. The Labute approximate surface area is 167 Å². The zero-order valence-electron chi connectivity index (χ0n) is 14.5. The zero-order valence-corrected chi connectivity index (χ0v) is 15.2. The van der Waals surface area contributed by atoms with Gasteiger partial charge in [0.2, 0.25) is 0 Å². The van der Waals surface area contributed by atoms with Crippen molar-refractivity contribution < 1.29 is 37.5 Å². The van der Waals surface area contributed by atoms with E-state index in [9.17, 15) is 28.1 Å². The van der Waals surface area contributed by atoms with Crippen molar-refractivity contribution >= 4 is 23.3 Å². The zero-order chi connectivity index (χ0) is 21.6. The average Bonchev–Trinajstić information content (AvgIpc) is 2.65. The van der Waals surface area contributed by atoms with E-state index in [0.29, 0.717) is 6.07 Å².